The van der Waals surface area contributed by atoms with Crippen LogP contribution in [0.1, 0.15) is 32.3 Å². The van der Waals surface area contributed by atoms with Crippen molar-refractivity contribution >= 4 is 18.3 Å². The van der Waals surface area contributed by atoms with Gasteiger partial charge < -0.3 is 20.1 Å². The fourth-order valence-corrected chi connectivity index (χ4v) is 3.81. The van der Waals surface area contributed by atoms with Crippen molar-refractivity contribution in [2.45, 2.75) is 37.6 Å². The number of aromatic nitrogens is 2. The quantitative estimate of drug-likeness (QED) is 0.796. The molecule has 1 aromatic carbocycles. The summed E-state index contributed by atoms with van der Waals surface area (Å²) in [6.45, 7) is 6.64. The first kappa shape index (κ1) is 20.5. The van der Waals surface area contributed by atoms with Crippen molar-refractivity contribution in [1.29, 1.82) is 0 Å². The summed E-state index contributed by atoms with van der Waals surface area (Å²) in [5, 5.41) is 10.9. The van der Waals surface area contributed by atoms with Gasteiger partial charge in [0.1, 0.15) is 5.54 Å². The molecule has 7 nitrogen and oxygen atoms in total. The van der Waals surface area contributed by atoms with Gasteiger partial charge in [-0.1, -0.05) is 19.9 Å². The van der Waals surface area contributed by atoms with Gasteiger partial charge in [-0.2, -0.15) is 5.10 Å². The summed E-state index contributed by atoms with van der Waals surface area (Å²) in [6, 6.07) is 7.84. The maximum absolute atomic E-state index is 13.2. The Morgan fingerprint density at radius 2 is 2.04 bits per heavy atom. The van der Waals surface area contributed by atoms with Gasteiger partial charge in [-0.15, -0.1) is 12.4 Å². The van der Waals surface area contributed by atoms with E-state index in [1.54, 1.807) is 6.20 Å². The topological polar surface area (TPSA) is 77.4 Å². The number of hydrogen-bond donors (Lipinski definition) is 2. The molecule has 1 amide bonds. The molecule has 0 bridgehead atoms. The zero-order valence-corrected chi connectivity index (χ0v) is 17.1. The molecule has 0 aliphatic carbocycles. The highest BCUT2D eigenvalue weighted by molar-refractivity contribution is 5.85. The number of piperidine rings is 1. The second-order valence-corrected chi connectivity index (χ2v) is 7.87. The van der Waals surface area contributed by atoms with E-state index in [2.05, 4.69) is 29.6 Å². The fourth-order valence-electron chi connectivity index (χ4n) is 3.81. The highest BCUT2D eigenvalue weighted by Crippen LogP contribution is 2.36. The molecule has 3 heterocycles. The van der Waals surface area contributed by atoms with Crippen LogP contribution in [0.4, 0.5) is 0 Å². The van der Waals surface area contributed by atoms with Gasteiger partial charge in [-0.05, 0) is 49.7 Å². The molecule has 28 heavy (non-hydrogen) atoms. The van der Waals surface area contributed by atoms with Gasteiger partial charge in [0.05, 0.1) is 0 Å². The van der Waals surface area contributed by atoms with Gasteiger partial charge in [0, 0.05) is 24.4 Å². The van der Waals surface area contributed by atoms with Crippen LogP contribution in [0.5, 0.6) is 11.5 Å². The number of nitrogens with one attached hydrogen (secondary N) is 2. The van der Waals surface area contributed by atoms with E-state index < -0.39 is 5.54 Å². The normalized spacial score (nSPS) is 17.6. The Hall–Kier alpha value is -2.25. The van der Waals surface area contributed by atoms with E-state index in [4.69, 9.17) is 9.47 Å². The van der Waals surface area contributed by atoms with E-state index in [0.717, 1.165) is 43.0 Å². The van der Waals surface area contributed by atoms with Crippen molar-refractivity contribution in [3.05, 3.63) is 42.2 Å². The molecule has 0 radical (unpaired) electrons. The van der Waals surface area contributed by atoms with Crippen LogP contribution in [0.2, 0.25) is 0 Å². The minimum absolute atomic E-state index is 0. The molecule has 2 aliphatic rings. The number of carbonyl (C=O) groups is 1. The number of carbonyl (C=O) groups excluding carboxylic acids is 1. The average Bonchev–Trinajstić information content (AvgIpc) is 3.38. The summed E-state index contributed by atoms with van der Waals surface area (Å²) in [6.07, 6.45) is 5.07. The van der Waals surface area contributed by atoms with Crippen LogP contribution < -0.4 is 20.1 Å². The molecule has 0 spiro atoms. The van der Waals surface area contributed by atoms with Crippen LogP contribution in [-0.4, -0.2) is 42.1 Å². The maximum atomic E-state index is 13.2. The Morgan fingerprint density at radius 3 is 2.75 bits per heavy atom. The number of halogens is 1. The molecule has 152 valence electrons. The standard InChI is InChI=1S/C20H26N4O3.ClH/c1-19(2,15-4-5-16-17(12-15)27-14-26-16)13-22-18(25)20(6-9-21-10-7-20)24-11-3-8-23-24;/h3-5,8,11-12,21H,6-7,9-10,13-14H2,1-2H3,(H,22,25);1H. The smallest absolute Gasteiger partial charge is 0.248 e. The molecule has 1 saturated heterocycles. The molecule has 0 unspecified atom stereocenters. The fraction of sp³-hybridized carbons (Fsp3) is 0.500. The minimum atomic E-state index is -0.625. The number of benzene rings is 1. The van der Waals surface area contributed by atoms with Gasteiger partial charge in [-0.3, -0.25) is 9.48 Å². The zero-order valence-electron chi connectivity index (χ0n) is 16.2. The van der Waals surface area contributed by atoms with Crippen molar-refractivity contribution in [1.82, 2.24) is 20.4 Å². The third-order valence-electron chi connectivity index (χ3n) is 5.64. The number of amides is 1. The number of rotatable bonds is 5. The van der Waals surface area contributed by atoms with Gasteiger partial charge in [0.15, 0.2) is 11.5 Å². The van der Waals surface area contributed by atoms with E-state index in [1.807, 2.05) is 35.1 Å². The minimum Gasteiger partial charge on any atom is -0.454 e. The van der Waals surface area contributed by atoms with E-state index in [-0.39, 0.29) is 30.5 Å². The number of fused-ring (bicyclic) bond motifs is 1. The Morgan fingerprint density at radius 1 is 1.29 bits per heavy atom. The summed E-state index contributed by atoms with van der Waals surface area (Å²) in [4.78, 5) is 13.2. The van der Waals surface area contributed by atoms with Gasteiger partial charge in [0.25, 0.3) is 0 Å². The second-order valence-electron chi connectivity index (χ2n) is 7.87. The lowest BCUT2D eigenvalue weighted by Gasteiger charge is -2.37. The maximum Gasteiger partial charge on any atom is 0.248 e. The molecule has 1 fully saturated rings. The van der Waals surface area contributed by atoms with Crippen molar-refractivity contribution in [3.63, 3.8) is 0 Å². The molecular weight excluding hydrogens is 380 g/mol. The van der Waals surface area contributed by atoms with Gasteiger partial charge in [0.2, 0.25) is 12.7 Å². The first-order valence-corrected chi connectivity index (χ1v) is 9.41. The summed E-state index contributed by atoms with van der Waals surface area (Å²) < 4.78 is 12.7. The first-order chi connectivity index (χ1) is 13.0. The summed E-state index contributed by atoms with van der Waals surface area (Å²) in [5.74, 6) is 1.56. The van der Waals surface area contributed by atoms with Crippen LogP contribution >= 0.6 is 12.4 Å². The van der Waals surface area contributed by atoms with Crippen molar-refractivity contribution in [2.24, 2.45) is 0 Å². The Kier molecular flexibility index (Phi) is 5.86. The predicted molar refractivity (Wildman–Crippen MR) is 108 cm³/mol. The number of hydrogen-bond acceptors (Lipinski definition) is 5. The average molecular weight is 407 g/mol. The first-order valence-electron chi connectivity index (χ1n) is 9.41. The van der Waals surface area contributed by atoms with Crippen LogP contribution in [0.3, 0.4) is 0 Å². The number of nitrogens with zero attached hydrogens (tertiary/aromatic N) is 2. The van der Waals surface area contributed by atoms with Gasteiger partial charge >= 0.3 is 0 Å². The lowest BCUT2D eigenvalue weighted by molar-refractivity contribution is -0.132. The summed E-state index contributed by atoms with van der Waals surface area (Å²) in [5.41, 5.74) is 0.236. The second kappa shape index (κ2) is 8.01. The van der Waals surface area contributed by atoms with Crippen LogP contribution in [-0.2, 0) is 15.7 Å². The lowest BCUT2D eigenvalue weighted by Crippen LogP contribution is -2.56. The molecule has 0 saturated carbocycles. The molecule has 1 aromatic heterocycles. The third-order valence-corrected chi connectivity index (χ3v) is 5.64. The van der Waals surface area contributed by atoms with Crippen LogP contribution in [0, 0.1) is 0 Å². The Balaban J connectivity index is 0.00000225. The Labute approximate surface area is 171 Å². The van der Waals surface area contributed by atoms with Crippen molar-refractivity contribution in [3.8, 4) is 11.5 Å². The van der Waals surface area contributed by atoms with E-state index in [0.29, 0.717) is 6.54 Å². The highest BCUT2D eigenvalue weighted by atomic mass is 35.5. The molecule has 0 atom stereocenters. The molecule has 2 aliphatic heterocycles. The Bertz CT molecular complexity index is 817. The largest absolute Gasteiger partial charge is 0.454 e. The van der Waals surface area contributed by atoms with E-state index in [9.17, 15) is 4.79 Å². The highest BCUT2D eigenvalue weighted by Gasteiger charge is 2.42. The monoisotopic (exact) mass is 406 g/mol. The molecule has 2 N–H and O–H groups in total. The summed E-state index contributed by atoms with van der Waals surface area (Å²) in [7, 11) is 0. The third kappa shape index (κ3) is 3.69. The van der Waals surface area contributed by atoms with Crippen LogP contribution in [0.15, 0.2) is 36.7 Å². The molecule has 8 heteroatoms. The zero-order chi connectivity index (χ0) is 18.9. The predicted octanol–water partition coefficient (Wildman–Crippen LogP) is 2.21. The van der Waals surface area contributed by atoms with E-state index >= 15 is 0 Å². The molecule has 2 aromatic rings. The molecule has 4 rings (SSSR count). The van der Waals surface area contributed by atoms with E-state index in [1.165, 1.54) is 0 Å². The molecular formula is C20H27ClN4O3. The lowest BCUT2D eigenvalue weighted by atomic mass is 9.83. The van der Waals surface area contributed by atoms with Crippen molar-refractivity contribution in [2.75, 3.05) is 26.4 Å². The van der Waals surface area contributed by atoms with Crippen molar-refractivity contribution < 1.29 is 14.3 Å². The van der Waals surface area contributed by atoms with Crippen LogP contribution in [0.25, 0.3) is 0 Å². The van der Waals surface area contributed by atoms with Gasteiger partial charge in [-0.25, -0.2) is 0 Å². The number of ether oxygens (including phenoxy) is 2. The SMILES string of the molecule is CC(C)(CNC(=O)C1(n2cccn2)CCNCC1)c1ccc2c(c1)OCO2.Cl. The summed E-state index contributed by atoms with van der Waals surface area (Å²) >= 11 is 0.